The van der Waals surface area contributed by atoms with E-state index in [2.05, 4.69) is 4.18 Å². The summed E-state index contributed by atoms with van der Waals surface area (Å²) in [6, 6.07) is 0. The van der Waals surface area contributed by atoms with E-state index in [0.29, 0.717) is 0 Å². The Bertz CT molecular complexity index is 222. The number of hydrogen-bond acceptors (Lipinski definition) is 4. The van der Waals surface area contributed by atoms with Gasteiger partial charge in [0, 0.05) is 5.92 Å². The summed E-state index contributed by atoms with van der Waals surface area (Å²) in [5.74, 6) is 0.472. The van der Waals surface area contributed by atoms with Crippen LogP contribution in [-0.4, -0.2) is 25.9 Å². The summed E-state index contributed by atoms with van der Waals surface area (Å²) in [6.07, 6.45) is 0. The van der Waals surface area contributed by atoms with E-state index in [9.17, 15) is 8.42 Å². The third kappa shape index (κ3) is 16.2. The topological polar surface area (TPSA) is 113 Å². The molecular formula is C5H14N2O4S. The lowest BCUT2D eigenvalue weighted by molar-refractivity contribution is 0.324. The number of nitrogens with two attached hydrogens (primary N) is 1. The Kier molecular flexibility index (Phi) is 6.86. The lowest BCUT2D eigenvalue weighted by Crippen LogP contribution is -2.16. The molecule has 7 heteroatoms. The summed E-state index contributed by atoms with van der Waals surface area (Å²) in [6.45, 7) is 3.78. The fourth-order valence-electron chi connectivity index (χ4n) is 0. The molecule has 0 heterocycles. The lowest BCUT2D eigenvalue weighted by Gasteiger charge is -1.95. The minimum Gasteiger partial charge on any atom is -0.387 e. The van der Waals surface area contributed by atoms with Crippen LogP contribution in [0.2, 0.25) is 0 Å². The number of hydrogen-bond donors (Lipinski definition) is 3. The predicted molar refractivity (Wildman–Crippen MR) is 45.3 cm³/mol. The third-order valence-electron chi connectivity index (χ3n) is 0.833. The van der Waals surface area contributed by atoms with Crippen LogP contribution in [0.5, 0.6) is 0 Å². The van der Waals surface area contributed by atoms with Crippen molar-refractivity contribution in [1.82, 2.24) is 0 Å². The van der Waals surface area contributed by atoms with Crippen LogP contribution in [0.25, 0.3) is 0 Å². The van der Waals surface area contributed by atoms with Crippen LogP contribution in [0.3, 0.4) is 0 Å². The highest BCUT2D eigenvalue weighted by Crippen LogP contribution is 1.85. The van der Waals surface area contributed by atoms with Crippen LogP contribution < -0.4 is 5.73 Å². The van der Waals surface area contributed by atoms with Gasteiger partial charge in [-0.3, -0.25) is 14.1 Å². The molecular weight excluding hydrogens is 184 g/mol. The molecule has 0 saturated heterocycles. The number of amidine groups is 1. The Balaban J connectivity index is 0. The normalized spacial score (nSPS) is 10.4. The molecule has 6 nitrogen and oxygen atoms in total. The highest BCUT2D eigenvalue weighted by Gasteiger charge is 1.94. The first-order valence-corrected chi connectivity index (χ1v) is 4.44. The maximum absolute atomic E-state index is 9.33. The molecule has 0 unspecified atom stereocenters. The van der Waals surface area contributed by atoms with Crippen LogP contribution in [0.15, 0.2) is 0 Å². The van der Waals surface area contributed by atoms with Gasteiger partial charge in [-0.05, 0) is 0 Å². The molecule has 0 aromatic rings. The van der Waals surface area contributed by atoms with Crippen molar-refractivity contribution in [2.75, 3.05) is 7.11 Å². The van der Waals surface area contributed by atoms with Gasteiger partial charge < -0.3 is 5.73 Å². The lowest BCUT2D eigenvalue weighted by atomic mass is 10.2. The summed E-state index contributed by atoms with van der Waals surface area (Å²) in [7, 11) is -3.29. The third-order valence-corrected chi connectivity index (χ3v) is 1.25. The Hall–Kier alpha value is -0.660. The van der Waals surface area contributed by atoms with Crippen LogP contribution >= 0.6 is 0 Å². The molecule has 0 amide bonds. The van der Waals surface area contributed by atoms with Crippen molar-refractivity contribution in [2.45, 2.75) is 13.8 Å². The monoisotopic (exact) mass is 198 g/mol. The Labute approximate surface area is 72.2 Å². The SMILES string of the molecule is CC(C)C(=N)N.COS(=O)(=O)O. The summed E-state index contributed by atoms with van der Waals surface area (Å²) < 4.78 is 29.7. The molecule has 4 N–H and O–H groups in total. The summed E-state index contributed by atoms with van der Waals surface area (Å²) in [5.41, 5.74) is 5.02. The molecule has 0 aliphatic rings. The van der Waals surface area contributed by atoms with Gasteiger partial charge in [-0.15, -0.1) is 0 Å². The first-order valence-electron chi connectivity index (χ1n) is 3.07. The molecule has 0 rings (SSSR count). The largest absolute Gasteiger partial charge is 0.397 e. The van der Waals surface area contributed by atoms with E-state index in [-0.39, 0.29) is 11.8 Å². The van der Waals surface area contributed by atoms with E-state index in [1.54, 1.807) is 0 Å². The zero-order valence-corrected chi connectivity index (χ0v) is 8.05. The van der Waals surface area contributed by atoms with E-state index >= 15 is 0 Å². The standard InChI is InChI=1S/C4H10N2.CH4O4S/c1-3(2)4(5)6;1-5-6(2,3)4/h3H,1-2H3,(H3,5,6);1H3,(H,2,3,4). The van der Waals surface area contributed by atoms with Gasteiger partial charge in [0.05, 0.1) is 12.9 Å². The average molecular weight is 198 g/mol. The average Bonchev–Trinajstić information content (AvgIpc) is 1.87. The molecule has 0 atom stereocenters. The fraction of sp³-hybridized carbons (Fsp3) is 0.800. The Morgan fingerprint density at radius 2 is 1.75 bits per heavy atom. The molecule has 0 radical (unpaired) electrons. The van der Waals surface area contributed by atoms with Crippen molar-refractivity contribution in [2.24, 2.45) is 11.7 Å². The zero-order valence-electron chi connectivity index (χ0n) is 7.23. The van der Waals surface area contributed by atoms with Crippen molar-refractivity contribution in [3.8, 4) is 0 Å². The predicted octanol–water partition coefficient (Wildman–Crippen LogP) is 0.0140. The Morgan fingerprint density at radius 1 is 1.58 bits per heavy atom. The minimum absolute atomic E-state index is 0.213. The molecule has 0 spiro atoms. The van der Waals surface area contributed by atoms with Crippen molar-refractivity contribution in [3.05, 3.63) is 0 Å². The molecule has 0 fully saturated rings. The quantitative estimate of drug-likeness (QED) is 0.328. The smallest absolute Gasteiger partial charge is 0.387 e. The number of nitrogens with one attached hydrogen (secondary N) is 1. The van der Waals surface area contributed by atoms with Gasteiger partial charge in [0.1, 0.15) is 0 Å². The molecule has 0 aliphatic carbocycles. The van der Waals surface area contributed by atoms with Crippen molar-refractivity contribution in [1.29, 1.82) is 5.41 Å². The van der Waals surface area contributed by atoms with Crippen LogP contribution in [0.1, 0.15) is 13.8 Å². The fourth-order valence-corrected chi connectivity index (χ4v) is 0. The van der Waals surface area contributed by atoms with Crippen LogP contribution in [0, 0.1) is 11.3 Å². The van der Waals surface area contributed by atoms with Crippen molar-refractivity contribution < 1.29 is 17.2 Å². The van der Waals surface area contributed by atoms with E-state index in [4.69, 9.17) is 15.7 Å². The summed E-state index contributed by atoms with van der Waals surface area (Å²) in [5, 5.41) is 6.73. The van der Waals surface area contributed by atoms with Crippen LogP contribution in [-0.2, 0) is 14.6 Å². The van der Waals surface area contributed by atoms with Crippen LogP contribution in [0.4, 0.5) is 0 Å². The molecule has 0 saturated carbocycles. The highest BCUT2D eigenvalue weighted by molar-refractivity contribution is 7.80. The minimum atomic E-state index is -4.16. The van der Waals surface area contributed by atoms with Crippen molar-refractivity contribution in [3.63, 3.8) is 0 Å². The molecule has 0 aromatic heterocycles. The van der Waals surface area contributed by atoms with Crippen molar-refractivity contribution >= 4 is 16.2 Å². The van der Waals surface area contributed by atoms with Gasteiger partial charge in [-0.1, -0.05) is 13.8 Å². The maximum atomic E-state index is 9.33. The molecule has 0 aliphatic heterocycles. The van der Waals surface area contributed by atoms with Gasteiger partial charge in [0.2, 0.25) is 0 Å². The second kappa shape index (κ2) is 5.92. The van der Waals surface area contributed by atoms with E-state index in [0.717, 1.165) is 7.11 Å². The first-order chi connectivity index (χ1) is 5.20. The van der Waals surface area contributed by atoms with Gasteiger partial charge in [-0.25, -0.2) is 0 Å². The second-order valence-corrected chi connectivity index (χ2v) is 3.39. The van der Waals surface area contributed by atoms with E-state index < -0.39 is 10.4 Å². The summed E-state index contributed by atoms with van der Waals surface area (Å²) >= 11 is 0. The molecule has 12 heavy (non-hydrogen) atoms. The molecule has 0 aromatic carbocycles. The highest BCUT2D eigenvalue weighted by atomic mass is 32.3. The van der Waals surface area contributed by atoms with Gasteiger partial charge >= 0.3 is 10.4 Å². The molecule has 0 bridgehead atoms. The van der Waals surface area contributed by atoms with E-state index in [1.807, 2.05) is 13.8 Å². The van der Waals surface area contributed by atoms with Gasteiger partial charge in [0.15, 0.2) is 0 Å². The van der Waals surface area contributed by atoms with Gasteiger partial charge in [-0.2, -0.15) is 8.42 Å². The number of rotatable bonds is 2. The zero-order chi connectivity index (χ0) is 10.4. The Morgan fingerprint density at radius 3 is 1.75 bits per heavy atom. The molecule has 74 valence electrons. The second-order valence-electron chi connectivity index (χ2n) is 2.20. The summed E-state index contributed by atoms with van der Waals surface area (Å²) in [4.78, 5) is 0. The first kappa shape index (κ1) is 13.9. The van der Waals surface area contributed by atoms with E-state index in [1.165, 1.54) is 0 Å². The maximum Gasteiger partial charge on any atom is 0.397 e. The van der Waals surface area contributed by atoms with Gasteiger partial charge in [0.25, 0.3) is 0 Å².